The summed E-state index contributed by atoms with van der Waals surface area (Å²) < 4.78 is 54.2. The van der Waals surface area contributed by atoms with Gasteiger partial charge >= 0.3 is 6.18 Å². The topological polar surface area (TPSA) is 78.1 Å². The number of benzene rings is 2. The molecule has 0 aliphatic rings. The first-order chi connectivity index (χ1) is 13.5. The monoisotopic (exact) mass is 405 g/mol. The molecule has 3 aromatic rings. The van der Waals surface area contributed by atoms with E-state index in [9.17, 15) is 27.5 Å². The van der Waals surface area contributed by atoms with E-state index in [2.05, 4.69) is 5.32 Å². The quantitative estimate of drug-likeness (QED) is 0.643. The van der Waals surface area contributed by atoms with E-state index in [4.69, 9.17) is 5.26 Å². The number of anilines is 1. The van der Waals surface area contributed by atoms with E-state index in [1.165, 1.54) is 29.7 Å². The highest BCUT2D eigenvalue weighted by Gasteiger charge is 2.35. The van der Waals surface area contributed by atoms with Gasteiger partial charge in [-0.2, -0.15) is 18.4 Å². The third kappa shape index (κ3) is 4.22. The van der Waals surface area contributed by atoms with Crippen LogP contribution in [0.5, 0.6) is 0 Å². The van der Waals surface area contributed by atoms with Crippen molar-refractivity contribution in [3.05, 3.63) is 65.6 Å². The van der Waals surface area contributed by atoms with Crippen molar-refractivity contribution in [2.45, 2.75) is 25.2 Å². The minimum Gasteiger partial charge on any atom is -0.378 e. The number of halogens is 4. The van der Waals surface area contributed by atoms with Crippen LogP contribution in [0.4, 0.5) is 23.2 Å². The van der Waals surface area contributed by atoms with Gasteiger partial charge in [0.2, 0.25) is 0 Å². The maximum atomic E-state index is 13.5. The summed E-state index contributed by atoms with van der Waals surface area (Å²) in [5.74, 6) is -1.44. The van der Waals surface area contributed by atoms with Crippen LogP contribution in [-0.2, 0) is 17.5 Å². The number of carbonyl (C=O) groups excluding carboxylic acids is 1. The SMILES string of the molecule is CC(O)(Cn1ccc2ccc(F)cc21)C(=O)Nc1ccc(C#N)c(C(F)(F)F)c1. The maximum absolute atomic E-state index is 13.5. The first-order valence-corrected chi connectivity index (χ1v) is 8.41. The molecule has 0 aliphatic heterocycles. The molecule has 1 aromatic heterocycles. The van der Waals surface area contributed by atoms with Crippen LogP contribution in [-0.4, -0.2) is 21.2 Å². The van der Waals surface area contributed by atoms with Gasteiger partial charge in [0, 0.05) is 11.9 Å². The highest BCUT2D eigenvalue weighted by molar-refractivity contribution is 5.97. The molecule has 150 valence electrons. The molecule has 0 saturated heterocycles. The van der Waals surface area contributed by atoms with Gasteiger partial charge in [-0.1, -0.05) is 0 Å². The fraction of sp³-hybridized carbons (Fsp3) is 0.200. The van der Waals surface area contributed by atoms with Crippen molar-refractivity contribution in [3.8, 4) is 6.07 Å². The minimum atomic E-state index is -4.78. The number of carbonyl (C=O) groups is 1. The molecule has 3 rings (SSSR count). The number of nitriles is 1. The maximum Gasteiger partial charge on any atom is 0.417 e. The Morgan fingerprint density at radius 3 is 2.59 bits per heavy atom. The molecule has 0 spiro atoms. The van der Waals surface area contributed by atoms with Gasteiger partial charge in [0.1, 0.15) is 5.82 Å². The summed E-state index contributed by atoms with van der Waals surface area (Å²) in [6, 6.07) is 9.92. The molecule has 29 heavy (non-hydrogen) atoms. The summed E-state index contributed by atoms with van der Waals surface area (Å²) in [6.07, 6.45) is -3.21. The zero-order valence-electron chi connectivity index (χ0n) is 15.1. The van der Waals surface area contributed by atoms with Crippen LogP contribution in [0.1, 0.15) is 18.1 Å². The second-order valence-corrected chi connectivity index (χ2v) is 6.74. The summed E-state index contributed by atoms with van der Waals surface area (Å²) in [4.78, 5) is 12.5. The van der Waals surface area contributed by atoms with Crippen LogP contribution < -0.4 is 5.32 Å². The first kappa shape index (κ1) is 20.4. The standard InChI is InChI=1S/C20H15F4N3O2/c1-19(29,11-27-7-6-12-2-4-14(21)8-17(12)27)18(28)26-15-5-3-13(10-25)16(9-15)20(22,23)24/h2-9,29H,11H2,1H3,(H,26,28). The van der Waals surface area contributed by atoms with E-state index in [1.54, 1.807) is 18.3 Å². The normalized spacial score (nSPS) is 13.7. The second-order valence-electron chi connectivity index (χ2n) is 6.74. The lowest BCUT2D eigenvalue weighted by Gasteiger charge is -2.24. The lowest BCUT2D eigenvalue weighted by atomic mass is 10.0. The Morgan fingerprint density at radius 2 is 1.93 bits per heavy atom. The van der Waals surface area contributed by atoms with Crippen molar-refractivity contribution < 1.29 is 27.5 Å². The summed E-state index contributed by atoms with van der Waals surface area (Å²) in [6.45, 7) is 0.940. The smallest absolute Gasteiger partial charge is 0.378 e. The Labute approximate surface area is 162 Å². The van der Waals surface area contributed by atoms with E-state index in [1.807, 2.05) is 0 Å². The van der Waals surface area contributed by atoms with E-state index >= 15 is 0 Å². The molecule has 1 unspecified atom stereocenters. The van der Waals surface area contributed by atoms with Gasteiger partial charge in [0.15, 0.2) is 5.60 Å². The molecule has 0 saturated carbocycles. The van der Waals surface area contributed by atoms with Gasteiger partial charge in [0.25, 0.3) is 5.91 Å². The molecule has 5 nitrogen and oxygen atoms in total. The molecular weight excluding hydrogens is 390 g/mol. The number of aliphatic hydroxyl groups is 1. The van der Waals surface area contributed by atoms with E-state index in [0.717, 1.165) is 12.1 Å². The van der Waals surface area contributed by atoms with Gasteiger partial charge < -0.3 is 15.0 Å². The molecular formula is C20H15F4N3O2. The highest BCUT2D eigenvalue weighted by Crippen LogP contribution is 2.33. The van der Waals surface area contributed by atoms with Crippen LogP contribution in [0.3, 0.4) is 0 Å². The fourth-order valence-electron chi connectivity index (χ4n) is 2.92. The Hall–Kier alpha value is -3.38. The molecule has 9 heteroatoms. The largest absolute Gasteiger partial charge is 0.417 e. The molecule has 1 amide bonds. The van der Waals surface area contributed by atoms with Gasteiger partial charge in [-0.05, 0) is 54.8 Å². The summed E-state index contributed by atoms with van der Waals surface area (Å²) in [7, 11) is 0. The Balaban J connectivity index is 1.84. The number of alkyl halides is 3. The van der Waals surface area contributed by atoms with Gasteiger partial charge in [-0.15, -0.1) is 0 Å². The molecule has 2 N–H and O–H groups in total. The molecule has 2 aromatic carbocycles. The number of fused-ring (bicyclic) bond motifs is 1. The second kappa shape index (κ2) is 7.22. The third-order valence-corrected chi connectivity index (χ3v) is 4.41. The van der Waals surface area contributed by atoms with Crippen molar-refractivity contribution in [2.24, 2.45) is 0 Å². The number of nitrogens with zero attached hydrogens (tertiary/aromatic N) is 2. The molecule has 0 fully saturated rings. The Kier molecular flexibility index (Phi) is 5.07. The van der Waals surface area contributed by atoms with Crippen molar-refractivity contribution >= 4 is 22.5 Å². The minimum absolute atomic E-state index is 0.218. The van der Waals surface area contributed by atoms with Crippen molar-refractivity contribution in [2.75, 3.05) is 5.32 Å². The Bertz CT molecular complexity index is 1130. The van der Waals surface area contributed by atoms with Crippen molar-refractivity contribution in [1.82, 2.24) is 4.57 Å². The van der Waals surface area contributed by atoms with Gasteiger partial charge in [-0.3, -0.25) is 4.79 Å². The number of aromatic nitrogens is 1. The molecule has 0 radical (unpaired) electrons. The van der Waals surface area contributed by atoms with Crippen LogP contribution >= 0.6 is 0 Å². The number of nitrogens with one attached hydrogen (secondary N) is 1. The van der Waals surface area contributed by atoms with Crippen LogP contribution in [0.2, 0.25) is 0 Å². The number of hydrogen-bond acceptors (Lipinski definition) is 3. The summed E-state index contributed by atoms with van der Waals surface area (Å²) in [5.41, 5.74) is -3.54. The fourth-order valence-corrected chi connectivity index (χ4v) is 2.92. The average Bonchev–Trinajstić information content (AvgIpc) is 3.02. The number of hydrogen-bond donors (Lipinski definition) is 2. The van der Waals surface area contributed by atoms with E-state index in [0.29, 0.717) is 17.0 Å². The molecule has 0 bridgehead atoms. The van der Waals surface area contributed by atoms with Crippen LogP contribution in [0.25, 0.3) is 10.9 Å². The van der Waals surface area contributed by atoms with Gasteiger partial charge in [0.05, 0.1) is 29.3 Å². The number of amides is 1. The van der Waals surface area contributed by atoms with Crippen molar-refractivity contribution in [1.29, 1.82) is 5.26 Å². The van der Waals surface area contributed by atoms with E-state index < -0.39 is 34.6 Å². The number of rotatable bonds is 4. The molecule has 0 aliphatic carbocycles. The highest BCUT2D eigenvalue weighted by atomic mass is 19.4. The van der Waals surface area contributed by atoms with Gasteiger partial charge in [-0.25, -0.2) is 4.39 Å². The summed E-state index contributed by atoms with van der Waals surface area (Å²) >= 11 is 0. The third-order valence-electron chi connectivity index (χ3n) is 4.41. The van der Waals surface area contributed by atoms with Crippen LogP contribution in [0.15, 0.2) is 48.7 Å². The van der Waals surface area contributed by atoms with Crippen molar-refractivity contribution in [3.63, 3.8) is 0 Å². The molecule has 1 atom stereocenters. The predicted octanol–water partition coefficient (Wildman–Crippen LogP) is 4.06. The predicted molar refractivity (Wildman–Crippen MR) is 97.3 cm³/mol. The Morgan fingerprint density at radius 1 is 1.21 bits per heavy atom. The zero-order chi connectivity index (χ0) is 21.4. The zero-order valence-corrected chi connectivity index (χ0v) is 15.1. The van der Waals surface area contributed by atoms with Crippen LogP contribution in [0, 0.1) is 17.1 Å². The van der Waals surface area contributed by atoms with E-state index in [-0.39, 0.29) is 12.2 Å². The lowest BCUT2D eigenvalue weighted by Crippen LogP contribution is -2.43. The average molecular weight is 405 g/mol. The molecule has 1 heterocycles. The first-order valence-electron chi connectivity index (χ1n) is 8.41. The lowest BCUT2D eigenvalue weighted by molar-refractivity contribution is -0.138. The summed E-state index contributed by atoms with van der Waals surface area (Å²) in [5, 5.41) is 22.3.